The first-order chi connectivity index (χ1) is 17.5. The lowest BCUT2D eigenvalue weighted by Gasteiger charge is -2.18. The first-order valence-electron chi connectivity index (χ1n) is 10.8. The summed E-state index contributed by atoms with van der Waals surface area (Å²) in [6.45, 7) is 4.54. The smallest absolute Gasteiger partial charge is 0.308 e. The molecular weight excluding hydrogens is 488 g/mol. The Balaban J connectivity index is 2.24. The molecule has 0 atom stereocenters. The summed E-state index contributed by atoms with van der Waals surface area (Å²) in [5.41, 5.74) is 0.282. The molecule has 0 aliphatic heterocycles. The summed E-state index contributed by atoms with van der Waals surface area (Å²) in [5, 5.41) is 20.4. The number of phenolic OH excluding ortho intramolecular Hbond substituents is 2. The third-order valence-corrected chi connectivity index (χ3v) is 5.01. The summed E-state index contributed by atoms with van der Waals surface area (Å²) in [5.74, 6) is -4.44. The number of fused-ring (bicyclic) bond motifs is 3. The number of carbonyl (C=O) groups excluding carboxylic acids is 4. The molecule has 0 unspecified atom stereocenters. The van der Waals surface area contributed by atoms with Gasteiger partial charge in [0, 0.05) is 39.1 Å². The van der Waals surface area contributed by atoms with Crippen molar-refractivity contribution in [3.8, 4) is 45.6 Å². The average Bonchev–Trinajstić information content (AvgIpc) is 3.14. The van der Waals surface area contributed by atoms with Crippen molar-refractivity contribution in [1.29, 1.82) is 0 Å². The number of furan rings is 1. The van der Waals surface area contributed by atoms with Crippen LogP contribution in [0.4, 0.5) is 0 Å². The van der Waals surface area contributed by atoms with E-state index in [1.54, 1.807) is 0 Å². The Bertz CT molecular complexity index is 1590. The first kappa shape index (κ1) is 25.0. The molecule has 4 aromatic rings. The number of hydrogen-bond donors (Lipinski definition) is 2. The minimum atomic E-state index is -0.783. The highest BCUT2D eigenvalue weighted by Gasteiger charge is 2.32. The van der Waals surface area contributed by atoms with Crippen molar-refractivity contribution in [3.63, 3.8) is 0 Å². The molecule has 0 amide bonds. The zero-order valence-corrected chi connectivity index (χ0v) is 20.0. The molecule has 11 nitrogen and oxygen atoms in total. The quantitative estimate of drug-likeness (QED) is 0.291. The normalized spacial score (nSPS) is 10.8. The number of benzene rings is 3. The predicted molar refractivity (Wildman–Crippen MR) is 128 cm³/mol. The number of esters is 4. The van der Waals surface area contributed by atoms with E-state index in [1.165, 1.54) is 36.4 Å². The van der Waals surface area contributed by atoms with Crippen molar-refractivity contribution in [2.75, 3.05) is 0 Å². The summed E-state index contributed by atoms with van der Waals surface area (Å²) in [7, 11) is 0. The molecule has 0 bridgehead atoms. The zero-order valence-electron chi connectivity index (χ0n) is 20.0. The van der Waals surface area contributed by atoms with Gasteiger partial charge in [-0.1, -0.05) is 12.1 Å². The highest BCUT2D eigenvalue weighted by Crippen LogP contribution is 2.55. The molecule has 3 aromatic carbocycles. The third kappa shape index (κ3) is 4.87. The van der Waals surface area contributed by atoms with Crippen LogP contribution in [0.3, 0.4) is 0 Å². The Morgan fingerprint density at radius 3 is 1.81 bits per heavy atom. The van der Waals surface area contributed by atoms with Crippen molar-refractivity contribution in [3.05, 3.63) is 36.4 Å². The minimum Gasteiger partial charge on any atom is -0.508 e. The molecule has 0 saturated heterocycles. The standard InChI is InChI=1S/C26H20O11/c1-11(27)33-20-10-19-17(9-18(20)32)22-25(36-14(4)30)23(34-12(2)28)21(15-5-7-16(31)8-6-15)24(26(22)37-19)35-13(3)29/h5-10,31-32H,1-4H3. The van der Waals surface area contributed by atoms with Crippen LogP contribution in [0.15, 0.2) is 40.8 Å². The molecule has 1 heterocycles. The second kappa shape index (κ2) is 9.53. The molecule has 0 fully saturated rings. The van der Waals surface area contributed by atoms with Gasteiger partial charge < -0.3 is 33.6 Å². The maximum absolute atomic E-state index is 12.1. The lowest BCUT2D eigenvalue weighted by Crippen LogP contribution is -2.11. The molecule has 37 heavy (non-hydrogen) atoms. The summed E-state index contributed by atoms with van der Waals surface area (Å²) in [4.78, 5) is 47.9. The molecule has 11 heteroatoms. The summed E-state index contributed by atoms with van der Waals surface area (Å²) >= 11 is 0. The number of hydrogen-bond acceptors (Lipinski definition) is 11. The van der Waals surface area contributed by atoms with Gasteiger partial charge in [0.15, 0.2) is 34.3 Å². The van der Waals surface area contributed by atoms with Crippen molar-refractivity contribution in [2.45, 2.75) is 27.7 Å². The fourth-order valence-corrected chi connectivity index (χ4v) is 3.79. The van der Waals surface area contributed by atoms with Gasteiger partial charge in [0.25, 0.3) is 0 Å². The van der Waals surface area contributed by atoms with Gasteiger partial charge in [0.1, 0.15) is 11.3 Å². The average molecular weight is 508 g/mol. The van der Waals surface area contributed by atoms with E-state index in [-0.39, 0.29) is 56.2 Å². The molecule has 1 aromatic heterocycles. The summed E-state index contributed by atoms with van der Waals surface area (Å²) < 4.78 is 27.4. The fourth-order valence-electron chi connectivity index (χ4n) is 3.79. The molecule has 2 N–H and O–H groups in total. The van der Waals surface area contributed by atoms with Gasteiger partial charge in [-0.3, -0.25) is 19.2 Å². The molecule has 190 valence electrons. The Kier molecular flexibility index (Phi) is 6.45. The van der Waals surface area contributed by atoms with Crippen molar-refractivity contribution in [1.82, 2.24) is 0 Å². The Hall–Kier alpha value is -5.06. The summed E-state index contributed by atoms with van der Waals surface area (Å²) in [6, 6.07) is 8.04. The fraction of sp³-hybridized carbons (Fsp3) is 0.154. The van der Waals surface area contributed by atoms with Crippen molar-refractivity contribution < 1.29 is 52.8 Å². The Morgan fingerprint density at radius 1 is 0.703 bits per heavy atom. The number of rotatable bonds is 5. The van der Waals surface area contributed by atoms with Gasteiger partial charge in [0.05, 0.1) is 10.9 Å². The Morgan fingerprint density at radius 2 is 1.24 bits per heavy atom. The molecule has 0 spiro atoms. The van der Waals surface area contributed by atoms with Gasteiger partial charge in [-0.25, -0.2) is 0 Å². The van der Waals surface area contributed by atoms with Gasteiger partial charge in [-0.05, 0) is 23.8 Å². The van der Waals surface area contributed by atoms with Crippen LogP contribution >= 0.6 is 0 Å². The predicted octanol–water partition coefficient (Wildman–Crippen LogP) is 4.37. The number of aromatic hydroxyl groups is 2. The highest BCUT2D eigenvalue weighted by molar-refractivity contribution is 6.16. The van der Waals surface area contributed by atoms with Crippen LogP contribution in [0.5, 0.6) is 34.5 Å². The first-order valence-corrected chi connectivity index (χ1v) is 10.8. The van der Waals surface area contributed by atoms with E-state index in [0.29, 0.717) is 5.56 Å². The topological polar surface area (TPSA) is 159 Å². The molecular formula is C26H20O11. The molecule has 4 rings (SSSR count). The van der Waals surface area contributed by atoms with E-state index < -0.39 is 29.6 Å². The van der Waals surface area contributed by atoms with E-state index >= 15 is 0 Å². The van der Waals surface area contributed by atoms with Crippen LogP contribution in [-0.2, 0) is 19.2 Å². The van der Waals surface area contributed by atoms with Gasteiger partial charge in [-0.15, -0.1) is 0 Å². The minimum absolute atomic E-state index is 0.0117. The van der Waals surface area contributed by atoms with Crippen LogP contribution in [0.2, 0.25) is 0 Å². The lowest BCUT2D eigenvalue weighted by molar-refractivity contribution is -0.134. The second-order valence-corrected chi connectivity index (χ2v) is 7.91. The van der Waals surface area contributed by atoms with E-state index in [4.69, 9.17) is 23.4 Å². The van der Waals surface area contributed by atoms with Gasteiger partial charge in [0.2, 0.25) is 0 Å². The maximum Gasteiger partial charge on any atom is 0.308 e. The molecule has 0 radical (unpaired) electrons. The largest absolute Gasteiger partial charge is 0.508 e. The summed E-state index contributed by atoms with van der Waals surface area (Å²) in [6.07, 6.45) is 0. The van der Waals surface area contributed by atoms with E-state index in [2.05, 4.69) is 0 Å². The van der Waals surface area contributed by atoms with Crippen LogP contribution in [-0.4, -0.2) is 34.1 Å². The third-order valence-electron chi connectivity index (χ3n) is 5.01. The molecule has 0 aliphatic carbocycles. The van der Waals surface area contributed by atoms with Crippen LogP contribution in [0.1, 0.15) is 27.7 Å². The molecule has 0 saturated carbocycles. The highest BCUT2D eigenvalue weighted by atomic mass is 16.6. The second-order valence-electron chi connectivity index (χ2n) is 7.91. The Labute approximate surface area is 208 Å². The van der Waals surface area contributed by atoms with E-state index in [1.807, 2.05) is 0 Å². The SMILES string of the molecule is CC(=O)Oc1cc2oc3c(OC(C)=O)c(-c4ccc(O)cc4)c(OC(C)=O)c(OC(C)=O)c3c2cc1O. The number of ether oxygens (including phenoxy) is 4. The van der Waals surface area contributed by atoms with Gasteiger partial charge >= 0.3 is 23.9 Å². The van der Waals surface area contributed by atoms with E-state index in [0.717, 1.165) is 27.7 Å². The van der Waals surface area contributed by atoms with Crippen LogP contribution in [0.25, 0.3) is 33.1 Å². The maximum atomic E-state index is 12.1. The van der Waals surface area contributed by atoms with Crippen molar-refractivity contribution in [2.24, 2.45) is 0 Å². The van der Waals surface area contributed by atoms with Crippen LogP contribution < -0.4 is 18.9 Å². The zero-order chi connectivity index (χ0) is 27.0. The number of phenols is 2. The molecule has 0 aliphatic rings. The monoisotopic (exact) mass is 508 g/mol. The van der Waals surface area contributed by atoms with Gasteiger partial charge in [-0.2, -0.15) is 0 Å². The number of carbonyl (C=O) groups is 4. The van der Waals surface area contributed by atoms with Crippen molar-refractivity contribution >= 4 is 45.8 Å². The lowest BCUT2D eigenvalue weighted by atomic mass is 9.99. The van der Waals surface area contributed by atoms with E-state index in [9.17, 15) is 29.4 Å². The van der Waals surface area contributed by atoms with Crippen LogP contribution in [0, 0.1) is 0 Å².